The zero-order valence-corrected chi connectivity index (χ0v) is 12.1. The first-order valence-electron chi connectivity index (χ1n) is 6.89. The number of amides is 2. The summed E-state index contributed by atoms with van der Waals surface area (Å²) in [6.07, 6.45) is 2.04. The lowest BCUT2D eigenvalue weighted by Crippen LogP contribution is -2.37. The van der Waals surface area contributed by atoms with Crippen molar-refractivity contribution in [1.29, 1.82) is 0 Å². The highest BCUT2D eigenvalue weighted by molar-refractivity contribution is 5.96. The number of nitrogen functional groups attached to an aromatic ring is 1. The minimum Gasteiger partial charge on any atom is -0.399 e. The van der Waals surface area contributed by atoms with Gasteiger partial charge in [0, 0.05) is 17.8 Å². The van der Waals surface area contributed by atoms with E-state index in [2.05, 4.69) is 24.5 Å². The molecule has 0 aliphatic heterocycles. The zero-order valence-electron chi connectivity index (χ0n) is 12.1. The first-order valence-corrected chi connectivity index (χ1v) is 6.89. The number of anilines is 1. The minimum atomic E-state index is -0.276. The quantitative estimate of drug-likeness (QED) is 0.522. The summed E-state index contributed by atoms with van der Waals surface area (Å²) in [5.74, 6) is 0.192. The zero-order chi connectivity index (χ0) is 15.0. The predicted molar refractivity (Wildman–Crippen MR) is 80.3 cm³/mol. The highest BCUT2D eigenvalue weighted by Crippen LogP contribution is 2.05. The van der Waals surface area contributed by atoms with Crippen molar-refractivity contribution >= 4 is 17.5 Å². The smallest absolute Gasteiger partial charge is 0.251 e. The molecule has 0 aliphatic rings. The van der Waals surface area contributed by atoms with Gasteiger partial charge in [0.1, 0.15) is 0 Å². The van der Waals surface area contributed by atoms with E-state index < -0.39 is 0 Å². The number of rotatable bonds is 7. The standard InChI is InChI=1S/C15H23N3O2/c1-11(2)4-3-9-17-14(19)10-18-15(20)12-5-7-13(16)8-6-12/h5-8,11H,3-4,9-10,16H2,1-2H3,(H,17,19)(H,18,20). The SMILES string of the molecule is CC(C)CCCNC(=O)CNC(=O)c1ccc(N)cc1. The Labute approximate surface area is 119 Å². The Kier molecular flexibility index (Phi) is 6.56. The highest BCUT2D eigenvalue weighted by Gasteiger charge is 2.07. The highest BCUT2D eigenvalue weighted by atomic mass is 16.2. The average molecular weight is 277 g/mol. The van der Waals surface area contributed by atoms with E-state index >= 15 is 0 Å². The maximum atomic E-state index is 11.7. The minimum absolute atomic E-state index is 0.00904. The molecular weight excluding hydrogens is 254 g/mol. The molecular formula is C15H23N3O2. The molecule has 0 unspecified atom stereocenters. The Balaban J connectivity index is 2.23. The van der Waals surface area contributed by atoms with Gasteiger partial charge in [0.2, 0.25) is 5.91 Å². The van der Waals surface area contributed by atoms with Crippen LogP contribution in [0.3, 0.4) is 0 Å². The lowest BCUT2D eigenvalue weighted by atomic mass is 10.1. The van der Waals surface area contributed by atoms with E-state index in [0.29, 0.717) is 23.7 Å². The molecule has 1 rings (SSSR count). The van der Waals surface area contributed by atoms with Gasteiger partial charge in [-0.15, -0.1) is 0 Å². The van der Waals surface area contributed by atoms with E-state index in [1.807, 2.05) is 0 Å². The van der Waals surface area contributed by atoms with E-state index in [0.717, 1.165) is 12.8 Å². The van der Waals surface area contributed by atoms with Gasteiger partial charge in [-0.25, -0.2) is 0 Å². The van der Waals surface area contributed by atoms with Crippen LogP contribution in [0.4, 0.5) is 5.69 Å². The number of carbonyl (C=O) groups excluding carboxylic acids is 2. The molecule has 0 heterocycles. The molecule has 0 saturated carbocycles. The second kappa shape index (κ2) is 8.19. The fraction of sp³-hybridized carbons (Fsp3) is 0.467. The van der Waals surface area contributed by atoms with Crippen LogP contribution < -0.4 is 16.4 Å². The molecule has 1 aromatic carbocycles. The molecule has 5 heteroatoms. The summed E-state index contributed by atoms with van der Waals surface area (Å²) in [6, 6.07) is 6.57. The van der Waals surface area contributed by atoms with Crippen molar-refractivity contribution in [3.63, 3.8) is 0 Å². The lowest BCUT2D eigenvalue weighted by molar-refractivity contribution is -0.120. The Morgan fingerprint density at radius 2 is 1.80 bits per heavy atom. The van der Waals surface area contributed by atoms with Crippen molar-refractivity contribution in [3.8, 4) is 0 Å². The van der Waals surface area contributed by atoms with Crippen molar-refractivity contribution in [3.05, 3.63) is 29.8 Å². The van der Waals surface area contributed by atoms with Gasteiger partial charge in [0.25, 0.3) is 5.91 Å². The van der Waals surface area contributed by atoms with Crippen molar-refractivity contribution < 1.29 is 9.59 Å². The van der Waals surface area contributed by atoms with Crippen molar-refractivity contribution in [2.45, 2.75) is 26.7 Å². The number of benzene rings is 1. The molecule has 5 nitrogen and oxygen atoms in total. The van der Waals surface area contributed by atoms with E-state index in [1.165, 1.54) is 0 Å². The molecule has 0 aromatic heterocycles. The van der Waals surface area contributed by atoms with Gasteiger partial charge in [-0.1, -0.05) is 13.8 Å². The number of nitrogens with one attached hydrogen (secondary N) is 2. The summed E-state index contributed by atoms with van der Waals surface area (Å²) in [5.41, 5.74) is 6.64. The van der Waals surface area contributed by atoms with Crippen molar-refractivity contribution in [2.24, 2.45) is 5.92 Å². The first-order chi connectivity index (χ1) is 9.49. The van der Waals surface area contributed by atoms with Gasteiger partial charge in [-0.2, -0.15) is 0 Å². The van der Waals surface area contributed by atoms with Crippen molar-refractivity contribution in [1.82, 2.24) is 10.6 Å². The normalized spacial score (nSPS) is 10.3. The van der Waals surface area contributed by atoms with Crippen LogP contribution in [0.25, 0.3) is 0 Å². The van der Waals surface area contributed by atoms with Gasteiger partial charge < -0.3 is 16.4 Å². The second-order valence-electron chi connectivity index (χ2n) is 5.19. The molecule has 0 aliphatic carbocycles. The van der Waals surface area contributed by atoms with Crippen LogP contribution in [0.5, 0.6) is 0 Å². The second-order valence-corrected chi connectivity index (χ2v) is 5.19. The van der Waals surface area contributed by atoms with Crippen molar-refractivity contribution in [2.75, 3.05) is 18.8 Å². The maximum Gasteiger partial charge on any atom is 0.251 e. The Morgan fingerprint density at radius 1 is 1.15 bits per heavy atom. The Morgan fingerprint density at radius 3 is 2.40 bits per heavy atom. The third kappa shape index (κ3) is 6.22. The van der Waals surface area contributed by atoms with Crippen LogP contribution >= 0.6 is 0 Å². The van der Waals surface area contributed by atoms with E-state index in [4.69, 9.17) is 5.73 Å². The maximum absolute atomic E-state index is 11.7. The molecule has 110 valence electrons. The molecule has 4 N–H and O–H groups in total. The molecule has 1 aromatic rings. The molecule has 0 fully saturated rings. The number of carbonyl (C=O) groups is 2. The topological polar surface area (TPSA) is 84.2 Å². The van der Waals surface area contributed by atoms with Gasteiger partial charge in [-0.3, -0.25) is 9.59 Å². The monoisotopic (exact) mass is 277 g/mol. The molecule has 0 radical (unpaired) electrons. The van der Waals surface area contributed by atoms with Crippen LogP contribution in [0, 0.1) is 5.92 Å². The predicted octanol–water partition coefficient (Wildman–Crippen LogP) is 1.55. The number of hydrogen-bond acceptors (Lipinski definition) is 3. The largest absolute Gasteiger partial charge is 0.399 e. The van der Waals surface area contributed by atoms with E-state index in [9.17, 15) is 9.59 Å². The van der Waals surface area contributed by atoms with Gasteiger partial charge in [-0.05, 0) is 43.0 Å². The summed E-state index contributed by atoms with van der Waals surface area (Å²) >= 11 is 0. The number of hydrogen-bond donors (Lipinski definition) is 3. The van der Waals surface area contributed by atoms with E-state index in [1.54, 1.807) is 24.3 Å². The Bertz CT molecular complexity index is 441. The van der Waals surface area contributed by atoms with Crippen LogP contribution in [0.15, 0.2) is 24.3 Å². The third-order valence-corrected chi connectivity index (χ3v) is 2.86. The molecule has 2 amide bonds. The first kappa shape index (κ1) is 16.0. The van der Waals surface area contributed by atoms with Crippen LogP contribution in [-0.2, 0) is 4.79 Å². The summed E-state index contributed by atoms with van der Waals surface area (Å²) in [7, 11) is 0. The molecule has 0 atom stereocenters. The summed E-state index contributed by atoms with van der Waals surface area (Å²) in [6.45, 7) is 4.93. The Hall–Kier alpha value is -2.04. The fourth-order valence-electron chi connectivity index (χ4n) is 1.70. The van der Waals surface area contributed by atoms with Crippen LogP contribution in [0.2, 0.25) is 0 Å². The molecule has 0 saturated heterocycles. The van der Waals surface area contributed by atoms with Gasteiger partial charge >= 0.3 is 0 Å². The average Bonchev–Trinajstić information content (AvgIpc) is 2.41. The fourth-order valence-corrected chi connectivity index (χ4v) is 1.70. The van der Waals surface area contributed by atoms with Gasteiger partial charge in [0.05, 0.1) is 6.54 Å². The summed E-state index contributed by atoms with van der Waals surface area (Å²) < 4.78 is 0. The third-order valence-electron chi connectivity index (χ3n) is 2.86. The van der Waals surface area contributed by atoms with Gasteiger partial charge in [0.15, 0.2) is 0 Å². The molecule has 0 spiro atoms. The van der Waals surface area contributed by atoms with Crippen LogP contribution in [0.1, 0.15) is 37.0 Å². The van der Waals surface area contributed by atoms with Crippen LogP contribution in [-0.4, -0.2) is 24.9 Å². The lowest BCUT2D eigenvalue weighted by Gasteiger charge is -2.08. The molecule has 20 heavy (non-hydrogen) atoms. The number of nitrogens with two attached hydrogens (primary N) is 1. The van der Waals surface area contributed by atoms with E-state index in [-0.39, 0.29) is 18.4 Å². The summed E-state index contributed by atoms with van der Waals surface area (Å²) in [5, 5.41) is 5.36. The summed E-state index contributed by atoms with van der Waals surface area (Å²) in [4.78, 5) is 23.3. The molecule has 0 bridgehead atoms.